The molecule has 2 N–H and O–H groups in total. The van der Waals surface area contributed by atoms with Crippen molar-refractivity contribution in [3.05, 3.63) is 17.7 Å². The van der Waals surface area contributed by atoms with E-state index in [1.54, 1.807) is 0 Å². The summed E-state index contributed by atoms with van der Waals surface area (Å²) in [6.45, 7) is 2.02. The fourth-order valence-electron chi connectivity index (χ4n) is 0.694. The van der Waals surface area contributed by atoms with Crippen molar-refractivity contribution in [1.29, 1.82) is 0 Å². The Morgan fingerprint density at radius 1 is 1.56 bits per heavy atom. The zero-order chi connectivity index (χ0) is 6.85. The molecular weight excluding hydrogens is 219 g/mol. The average molecular weight is 226 g/mol. The van der Waals surface area contributed by atoms with E-state index in [1.807, 2.05) is 19.1 Å². The third kappa shape index (κ3) is 1.86. The van der Waals surface area contributed by atoms with Crippen LogP contribution in [0.4, 0.5) is 5.82 Å². The molecule has 1 heterocycles. The zero-order valence-corrected chi connectivity index (χ0v) is 8.03. The minimum absolute atomic E-state index is 0.627. The molecule has 0 aliphatic rings. The number of aromatic nitrogens is 1. The monoisotopic (exact) mass is 227 g/mol. The van der Waals surface area contributed by atoms with Gasteiger partial charge in [-0.3, -0.25) is 0 Å². The first-order valence-electron chi connectivity index (χ1n) is 2.64. The molecule has 0 unspecified atom stereocenters. The Morgan fingerprint density at radius 2 is 2.22 bits per heavy atom. The normalized spacial score (nSPS) is 9.56. The quantitative estimate of drug-likeness (QED) is 0.620. The third-order valence-electron chi connectivity index (χ3n) is 0.989. The van der Waals surface area contributed by atoms with E-state index in [0.29, 0.717) is 5.82 Å². The average Bonchev–Trinajstić information content (AvgIpc) is 1.59. The summed E-state index contributed by atoms with van der Waals surface area (Å²) in [6, 6.07) is 3.90. The van der Waals surface area contributed by atoms with Gasteiger partial charge in [0.05, 0.1) is 0 Å². The Morgan fingerprint density at radius 3 is 2.67 bits per heavy atom. The summed E-state index contributed by atoms with van der Waals surface area (Å²) < 4.78 is 1.07. The van der Waals surface area contributed by atoms with Crippen LogP contribution in [-0.4, -0.2) is 27.5 Å². The molecule has 0 bridgehead atoms. The molecule has 1 aromatic rings. The number of nitrogens with two attached hydrogens (primary N) is 1. The van der Waals surface area contributed by atoms with Gasteiger partial charge in [0.15, 0.2) is 0 Å². The zero-order valence-electron chi connectivity index (χ0n) is 5.18. The molecule has 9 heavy (non-hydrogen) atoms. The molecule has 0 amide bonds. The van der Waals surface area contributed by atoms with Crippen LogP contribution in [0, 0.1) is 6.92 Å². The van der Waals surface area contributed by atoms with Crippen molar-refractivity contribution >= 4 is 32.1 Å². The van der Waals surface area contributed by atoms with Gasteiger partial charge in [0.1, 0.15) is 0 Å². The van der Waals surface area contributed by atoms with Crippen LogP contribution in [0.2, 0.25) is 0 Å². The summed E-state index contributed by atoms with van der Waals surface area (Å²) in [5, 5.41) is 0. The van der Waals surface area contributed by atoms with Gasteiger partial charge in [-0.2, -0.15) is 0 Å². The van der Waals surface area contributed by atoms with Crippen molar-refractivity contribution in [3.63, 3.8) is 0 Å². The molecule has 1 rings (SSSR count). The Labute approximate surface area is 67.6 Å². The van der Waals surface area contributed by atoms with Gasteiger partial charge < -0.3 is 0 Å². The number of hydrogen-bond acceptors (Lipinski definition) is 2. The summed E-state index contributed by atoms with van der Waals surface area (Å²) in [6.07, 6.45) is 0. The second kappa shape index (κ2) is 2.56. The van der Waals surface area contributed by atoms with Gasteiger partial charge in [0.2, 0.25) is 0 Å². The van der Waals surface area contributed by atoms with Crippen LogP contribution in [0.1, 0.15) is 5.56 Å². The molecule has 0 atom stereocenters. The molecule has 0 aliphatic carbocycles. The van der Waals surface area contributed by atoms with E-state index in [-0.39, 0.29) is 0 Å². The number of nitrogen functional groups attached to an aromatic ring is 1. The van der Waals surface area contributed by atoms with E-state index >= 15 is 0 Å². The molecule has 0 aromatic carbocycles. The molecule has 0 saturated carbocycles. The predicted molar refractivity (Wildman–Crippen MR) is 38.8 cm³/mol. The number of aryl methyl sites for hydroxylation is 1. The van der Waals surface area contributed by atoms with E-state index in [2.05, 4.69) is 4.98 Å². The van der Waals surface area contributed by atoms with E-state index in [1.165, 1.54) is 28.1 Å². The number of anilines is 1. The number of hydrogen-bond donors (Lipinski definition) is 1. The molecule has 0 fully saturated rings. The molecule has 0 spiro atoms. The van der Waals surface area contributed by atoms with E-state index in [4.69, 9.17) is 5.73 Å². The van der Waals surface area contributed by atoms with Crippen molar-refractivity contribution < 1.29 is 0 Å². The van der Waals surface area contributed by atoms with Crippen molar-refractivity contribution in [2.45, 2.75) is 6.92 Å². The van der Waals surface area contributed by atoms with E-state index in [0.717, 1.165) is 3.71 Å². The summed E-state index contributed by atoms with van der Waals surface area (Å²) in [4.78, 5) is 4.05. The first-order chi connectivity index (χ1) is 4.18. The molecule has 45 valence electrons. The molecule has 0 aliphatic heterocycles. The molecular formula is C6H7N2Sn. The van der Waals surface area contributed by atoms with Gasteiger partial charge in [0, 0.05) is 0 Å². The molecule has 0 saturated heterocycles. The first-order valence-corrected chi connectivity index (χ1v) is 4.07. The molecule has 3 heteroatoms. The van der Waals surface area contributed by atoms with Crippen molar-refractivity contribution in [1.82, 2.24) is 4.98 Å². The Bertz CT molecular complexity index is 172. The second-order valence-corrected chi connectivity index (χ2v) is 3.42. The van der Waals surface area contributed by atoms with Crippen LogP contribution in [0.15, 0.2) is 12.1 Å². The number of pyridine rings is 1. The van der Waals surface area contributed by atoms with Crippen molar-refractivity contribution in [3.8, 4) is 0 Å². The van der Waals surface area contributed by atoms with Gasteiger partial charge in [-0.15, -0.1) is 0 Å². The van der Waals surface area contributed by atoms with Gasteiger partial charge in [-0.1, -0.05) is 0 Å². The van der Waals surface area contributed by atoms with Gasteiger partial charge in [-0.05, 0) is 0 Å². The van der Waals surface area contributed by atoms with E-state index < -0.39 is 0 Å². The Balaban J connectivity index is 3.17. The first kappa shape index (κ1) is 6.86. The fourth-order valence-corrected chi connectivity index (χ4v) is 1.71. The summed E-state index contributed by atoms with van der Waals surface area (Å²) in [5.41, 5.74) is 6.65. The SMILES string of the molecule is Cc1cc(N)n[c]([Sn])c1. The minimum atomic E-state index is 0.627. The maximum absolute atomic E-state index is 5.46. The van der Waals surface area contributed by atoms with Crippen LogP contribution < -0.4 is 9.44 Å². The summed E-state index contributed by atoms with van der Waals surface area (Å²) in [5.74, 6) is 0.627. The summed E-state index contributed by atoms with van der Waals surface area (Å²) >= 11 is 1.32. The fraction of sp³-hybridized carbons (Fsp3) is 0.167. The second-order valence-electron chi connectivity index (χ2n) is 1.95. The van der Waals surface area contributed by atoms with Gasteiger partial charge in [0.25, 0.3) is 0 Å². The summed E-state index contributed by atoms with van der Waals surface area (Å²) in [7, 11) is 0. The number of rotatable bonds is 0. The van der Waals surface area contributed by atoms with Gasteiger partial charge in [-0.25, -0.2) is 0 Å². The van der Waals surface area contributed by atoms with Crippen LogP contribution in [0.5, 0.6) is 0 Å². The Hall–Kier alpha value is -0.251. The third-order valence-corrected chi connectivity index (χ3v) is 1.72. The van der Waals surface area contributed by atoms with Crippen LogP contribution in [0.3, 0.4) is 0 Å². The van der Waals surface area contributed by atoms with Gasteiger partial charge >= 0.3 is 67.4 Å². The van der Waals surface area contributed by atoms with Crippen molar-refractivity contribution in [2.75, 3.05) is 5.73 Å². The van der Waals surface area contributed by atoms with Crippen molar-refractivity contribution in [2.24, 2.45) is 0 Å². The van der Waals surface area contributed by atoms with Crippen LogP contribution in [-0.2, 0) is 0 Å². The molecule has 3 radical (unpaired) electrons. The standard InChI is InChI=1S/C6H7N2.Sn/c1-5-2-3-8-6(7)4-5;/h2,4H,1H3,(H2,7,8);. The molecule has 2 nitrogen and oxygen atoms in total. The Kier molecular flexibility index (Phi) is 1.95. The topological polar surface area (TPSA) is 38.9 Å². The predicted octanol–water partition coefficient (Wildman–Crippen LogP) is -0.234. The maximum atomic E-state index is 5.46. The number of nitrogens with zero attached hydrogens (tertiary/aromatic N) is 1. The van der Waals surface area contributed by atoms with E-state index in [9.17, 15) is 0 Å². The van der Waals surface area contributed by atoms with Crippen LogP contribution >= 0.6 is 0 Å². The molecule has 1 aromatic heterocycles. The van der Waals surface area contributed by atoms with Crippen LogP contribution in [0.25, 0.3) is 0 Å².